The van der Waals surface area contributed by atoms with Gasteiger partial charge in [0.1, 0.15) is 16.4 Å². The molecule has 0 radical (unpaired) electrons. The number of aliphatic hydroxyl groups excluding tert-OH is 2. The van der Waals surface area contributed by atoms with Crippen LogP contribution in [0, 0.1) is 0 Å². The van der Waals surface area contributed by atoms with Crippen molar-refractivity contribution in [2.24, 2.45) is 0 Å². The van der Waals surface area contributed by atoms with Gasteiger partial charge in [-0.15, -0.1) is 11.3 Å². The van der Waals surface area contributed by atoms with E-state index in [2.05, 4.69) is 25.6 Å². The number of anilines is 2. The molecule has 1 atom stereocenters. The fraction of sp³-hybridized carbons (Fsp3) is 0.389. The van der Waals surface area contributed by atoms with Crippen LogP contribution >= 0.6 is 11.3 Å². The molecule has 1 aromatic carbocycles. The second-order valence-corrected chi connectivity index (χ2v) is 7.64. The summed E-state index contributed by atoms with van der Waals surface area (Å²) in [7, 11) is 0. The molecule has 3 aromatic rings. The van der Waals surface area contributed by atoms with Crippen LogP contribution in [0.15, 0.2) is 29.1 Å². The van der Waals surface area contributed by atoms with Gasteiger partial charge in [-0.05, 0) is 31.4 Å². The molecule has 4 rings (SSSR count). The summed E-state index contributed by atoms with van der Waals surface area (Å²) in [6.07, 6.45) is 2.32. The van der Waals surface area contributed by atoms with Crippen LogP contribution in [0.3, 0.4) is 0 Å². The van der Waals surface area contributed by atoms with E-state index in [-0.39, 0.29) is 18.7 Å². The lowest BCUT2D eigenvalue weighted by Gasteiger charge is -2.26. The summed E-state index contributed by atoms with van der Waals surface area (Å²) >= 11 is 1.41. The third-order valence-electron chi connectivity index (χ3n) is 4.59. The van der Waals surface area contributed by atoms with Crippen molar-refractivity contribution in [2.75, 3.05) is 23.8 Å². The van der Waals surface area contributed by atoms with Gasteiger partial charge in [0.25, 0.3) is 5.56 Å². The predicted molar refractivity (Wildman–Crippen MR) is 106 cm³/mol. The van der Waals surface area contributed by atoms with Crippen molar-refractivity contribution in [3.8, 4) is 10.6 Å². The van der Waals surface area contributed by atoms with Gasteiger partial charge in [-0.3, -0.25) is 9.78 Å². The average molecular weight is 387 g/mol. The Hall–Kier alpha value is -2.49. The van der Waals surface area contributed by atoms with Crippen LogP contribution in [0.5, 0.6) is 0 Å². The lowest BCUT2D eigenvalue weighted by atomic mass is 9.93. The first-order valence-electron chi connectivity index (χ1n) is 8.93. The molecule has 0 spiro atoms. The maximum atomic E-state index is 12.8. The molecule has 0 bridgehead atoms. The van der Waals surface area contributed by atoms with E-state index in [1.807, 2.05) is 24.3 Å². The number of hydrogen-bond acceptors (Lipinski definition) is 8. The first-order valence-corrected chi connectivity index (χ1v) is 9.75. The van der Waals surface area contributed by atoms with Crippen LogP contribution in [0.25, 0.3) is 20.8 Å². The van der Waals surface area contributed by atoms with E-state index in [0.29, 0.717) is 28.4 Å². The number of nitrogens with zero attached hydrogens (tertiary/aromatic N) is 2. The van der Waals surface area contributed by atoms with Gasteiger partial charge in [-0.1, -0.05) is 12.1 Å². The van der Waals surface area contributed by atoms with Crippen molar-refractivity contribution in [2.45, 2.75) is 31.4 Å². The van der Waals surface area contributed by atoms with E-state index in [1.165, 1.54) is 17.8 Å². The molecule has 142 valence electrons. The molecular formula is C18H21N5O3S. The number of H-pyrrole nitrogens is 1. The van der Waals surface area contributed by atoms with Gasteiger partial charge in [0.2, 0.25) is 5.95 Å². The molecule has 1 unspecified atom stereocenters. The molecule has 0 aliphatic heterocycles. The first kappa shape index (κ1) is 17.9. The molecule has 1 aliphatic rings. The molecule has 8 nitrogen and oxygen atoms in total. The number of hydrogen-bond donors (Lipinski definition) is 5. The Bertz CT molecular complexity index is 965. The summed E-state index contributed by atoms with van der Waals surface area (Å²) in [4.78, 5) is 24.7. The Labute approximate surface area is 159 Å². The van der Waals surface area contributed by atoms with Crippen LogP contribution in [0.1, 0.15) is 19.3 Å². The molecule has 1 saturated carbocycles. The highest BCUT2D eigenvalue weighted by molar-refractivity contribution is 7.21. The number of aromatic amines is 1. The molecule has 9 heteroatoms. The maximum Gasteiger partial charge on any atom is 0.264 e. The first-order chi connectivity index (χ1) is 13.1. The van der Waals surface area contributed by atoms with E-state index >= 15 is 0 Å². The summed E-state index contributed by atoms with van der Waals surface area (Å²) in [5.74, 6) is 0.739. The Kier molecular flexibility index (Phi) is 5.06. The number of para-hydroxylation sites is 1. The minimum atomic E-state index is -0.947. The van der Waals surface area contributed by atoms with Gasteiger partial charge in [0.05, 0.1) is 22.9 Å². The highest BCUT2D eigenvalue weighted by Gasteiger charge is 2.21. The van der Waals surface area contributed by atoms with Gasteiger partial charge in [-0.2, -0.15) is 4.98 Å². The number of nitrogens with one attached hydrogen (secondary N) is 3. The smallest absolute Gasteiger partial charge is 0.264 e. The van der Waals surface area contributed by atoms with Gasteiger partial charge in [0, 0.05) is 12.6 Å². The zero-order valence-corrected chi connectivity index (χ0v) is 15.4. The number of thiazole rings is 1. The fourth-order valence-electron chi connectivity index (χ4n) is 2.87. The van der Waals surface area contributed by atoms with Crippen molar-refractivity contribution in [3.05, 3.63) is 34.6 Å². The van der Waals surface area contributed by atoms with Gasteiger partial charge >= 0.3 is 0 Å². The normalized spacial score (nSPS) is 15.5. The average Bonchev–Trinajstić information content (AvgIpc) is 3.05. The third-order valence-corrected chi connectivity index (χ3v) is 5.64. The largest absolute Gasteiger partial charge is 0.394 e. The minimum absolute atomic E-state index is 0.0771. The van der Waals surface area contributed by atoms with Crippen molar-refractivity contribution in [1.82, 2.24) is 15.0 Å². The van der Waals surface area contributed by atoms with E-state index in [9.17, 15) is 9.90 Å². The molecule has 2 heterocycles. The van der Waals surface area contributed by atoms with Crippen LogP contribution in [0.2, 0.25) is 0 Å². The second kappa shape index (κ2) is 7.63. The summed E-state index contributed by atoms with van der Waals surface area (Å²) in [6, 6.07) is 7.99. The third kappa shape index (κ3) is 3.80. The van der Waals surface area contributed by atoms with E-state index in [4.69, 9.17) is 5.11 Å². The summed E-state index contributed by atoms with van der Waals surface area (Å²) in [5.41, 5.74) is 0.849. The summed E-state index contributed by atoms with van der Waals surface area (Å²) in [5, 5.41) is 25.5. The Morgan fingerprint density at radius 1 is 1.30 bits per heavy atom. The zero-order valence-electron chi connectivity index (χ0n) is 14.6. The van der Waals surface area contributed by atoms with Crippen LogP contribution in [-0.4, -0.2) is 50.5 Å². The van der Waals surface area contributed by atoms with Crippen LogP contribution < -0.4 is 16.2 Å². The Morgan fingerprint density at radius 2 is 2.11 bits per heavy atom. The number of fused-ring (bicyclic) bond motifs is 1. The summed E-state index contributed by atoms with van der Waals surface area (Å²) < 4.78 is 0.977. The van der Waals surface area contributed by atoms with Crippen LogP contribution in [0.4, 0.5) is 11.8 Å². The van der Waals surface area contributed by atoms with E-state index in [0.717, 1.165) is 23.1 Å². The highest BCUT2D eigenvalue weighted by Crippen LogP contribution is 2.32. The molecule has 0 saturated heterocycles. The standard InChI is InChI=1S/C18H21N5O3S/c24-9-11(25)8-19-15-14(17-21-12-6-1-2-7-13(12)27-17)16(26)23-18(22-15)20-10-4-3-5-10/h1-2,6-7,10-11,24-25H,3-5,8-9H2,(H3,19,20,22,23,26). The molecule has 1 aliphatic carbocycles. The van der Waals surface area contributed by atoms with Crippen molar-refractivity contribution in [1.29, 1.82) is 0 Å². The zero-order chi connectivity index (χ0) is 18.8. The lowest BCUT2D eigenvalue weighted by Crippen LogP contribution is -2.30. The molecular weight excluding hydrogens is 366 g/mol. The Morgan fingerprint density at radius 3 is 2.81 bits per heavy atom. The van der Waals surface area contributed by atoms with Gasteiger partial charge in [0.15, 0.2) is 0 Å². The van der Waals surface area contributed by atoms with Gasteiger partial charge in [-0.25, -0.2) is 4.98 Å². The van der Waals surface area contributed by atoms with Gasteiger partial charge < -0.3 is 20.8 Å². The van der Waals surface area contributed by atoms with Crippen LogP contribution in [-0.2, 0) is 0 Å². The quantitative estimate of drug-likeness (QED) is 0.419. The topological polar surface area (TPSA) is 123 Å². The summed E-state index contributed by atoms with van der Waals surface area (Å²) in [6.45, 7) is -0.298. The number of aliphatic hydroxyl groups is 2. The molecule has 27 heavy (non-hydrogen) atoms. The van der Waals surface area contributed by atoms with E-state index < -0.39 is 6.10 Å². The minimum Gasteiger partial charge on any atom is -0.394 e. The highest BCUT2D eigenvalue weighted by atomic mass is 32.1. The second-order valence-electron chi connectivity index (χ2n) is 6.61. The maximum absolute atomic E-state index is 12.8. The molecule has 2 aromatic heterocycles. The fourth-order valence-corrected chi connectivity index (χ4v) is 3.88. The number of benzene rings is 1. The van der Waals surface area contributed by atoms with E-state index in [1.54, 1.807) is 0 Å². The molecule has 0 amide bonds. The monoisotopic (exact) mass is 387 g/mol. The van der Waals surface area contributed by atoms with Crippen molar-refractivity contribution >= 4 is 33.3 Å². The number of aromatic nitrogens is 3. The van der Waals surface area contributed by atoms with Crippen molar-refractivity contribution < 1.29 is 10.2 Å². The molecule has 5 N–H and O–H groups in total. The SMILES string of the molecule is O=c1[nH]c(NC2CCC2)nc(NCC(O)CO)c1-c1nc2ccccc2s1. The Balaban J connectivity index is 1.74. The lowest BCUT2D eigenvalue weighted by molar-refractivity contribution is 0.105. The predicted octanol–water partition coefficient (Wildman–Crippen LogP) is 1.78. The number of rotatable bonds is 7. The van der Waals surface area contributed by atoms with Crippen molar-refractivity contribution in [3.63, 3.8) is 0 Å². The molecule has 1 fully saturated rings.